The summed E-state index contributed by atoms with van der Waals surface area (Å²) in [6.45, 7) is 4.04. The molecule has 5 N–H and O–H groups in total. The first-order valence-corrected chi connectivity index (χ1v) is 7.46. The van der Waals surface area contributed by atoms with E-state index in [-0.39, 0.29) is 18.2 Å². The van der Waals surface area contributed by atoms with E-state index in [1.54, 1.807) is 6.07 Å². The van der Waals surface area contributed by atoms with Crippen LogP contribution in [0.5, 0.6) is 0 Å². The number of rotatable bonds is 5. The summed E-state index contributed by atoms with van der Waals surface area (Å²) in [5.41, 5.74) is 6.47. The largest absolute Gasteiger partial charge is 0.393 e. The summed E-state index contributed by atoms with van der Waals surface area (Å²) in [7, 11) is 0. The third-order valence-electron chi connectivity index (χ3n) is 3.61. The van der Waals surface area contributed by atoms with Gasteiger partial charge in [0, 0.05) is 24.3 Å². The van der Waals surface area contributed by atoms with Crippen LogP contribution < -0.4 is 16.4 Å². The van der Waals surface area contributed by atoms with Gasteiger partial charge in [0.25, 0.3) is 5.91 Å². The number of nitrogens with two attached hydrogens (primary N) is 1. The van der Waals surface area contributed by atoms with Gasteiger partial charge in [0.15, 0.2) is 0 Å². The van der Waals surface area contributed by atoms with Crippen LogP contribution in [0.2, 0.25) is 0 Å². The van der Waals surface area contributed by atoms with E-state index >= 15 is 0 Å². The topological polar surface area (TPSA) is 100 Å². The first kappa shape index (κ1) is 15.6. The van der Waals surface area contributed by atoms with Crippen LogP contribution in [0.4, 0.5) is 11.5 Å². The molecule has 1 unspecified atom stereocenters. The fourth-order valence-electron chi connectivity index (χ4n) is 2.66. The molecule has 6 nitrogen and oxygen atoms in total. The molecule has 2 atom stereocenters. The van der Waals surface area contributed by atoms with Gasteiger partial charge in [-0.25, -0.2) is 4.98 Å². The Morgan fingerprint density at radius 3 is 2.86 bits per heavy atom. The number of aromatic nitrogens is 1. The van der Waals surface area contributed by atoms with Crippen molar-refractivity contribution < 1.29 is 9.90 Å². The summed E-state index contributed by atoms with van der Waals surface area (Å²) in [5, 5.41) is 16.3. The van der Waals surface area contributed by atoms with Crippen LogP contribution in [0.15, 0.2) is 12.3 Å². The average Bonchev–Trinajstić information content (AvgIpc) is 2.37. The molecule has 0 saturated heterocycles. The van der Waals surface area contributed by atoms with Crippen LogP contribution in [0.1, 0.15) is 49.9 Å². The van der Waals surface area contributed by atoms with Crippen molar-refractivity contribution in [3.05, 3.63) is 17.8 Å². The monoisotopic (exact) mass is 292 g/mol. The number of pyridine rings is 1. The number of carbonyl (C=O) groups is 1. The first-order chi connectivity index (χ1) is 9.95. The number of amides is 1. The summed E-state index contributed by atoms with van der Waals surface area (Å²) in [6.07, 6.45) is 4.71. The van der Waals surface area contributed by atoms with E-state index < -0.39 is 5.91 Å². The summed E-state index contributed by atoms with van der Waals surface area (Å²) in [5.74, 6) is 0.200. The quantitative estimate of drug-likeness (QED) is 0.662. The highest BCUT2D eigenvalue weighted by atomic mass is 16.3. The molecule has 0 spiro atoms. The zero-order valence-electron chi connectivity index (χ0n) is 12.6. The number of carbonyl (C=O) groups excluding carboxylic acids is 1. The average molecular weight is 292 g/mol. The summed E-state index contributed by atoms with van der Waals surface area (Å²) in [4.78, 5) is 15.7. The highest BCUT2D eigenvalue weighted by Gasteiger charge is 2.21. The van der Waals surface area contributed by atoms with Crippen molar-refractivity contribution in [2.24, 2.45) is 5.73 Å². The van der Waals surface area contributed by atoms with Gasteiger partial charge < -0.3 is 21.5 Å². The van der Waals surface area contributed by atoms with Crippen LogP contribution in [0, 0.1) is 0 Å². The Hall–Kier alpha value is -1.82. The van der Waals surface area contributed by atoms with Crippen LogP contribution >= 0.6 is 0 Å². The lowest BCUT2D eigenvalue weighted by Crippen LogP contribution is -2.31. The lowest BCUT2D eigenvalue weighted by atomic mass is 9.92. The predicted molar refractivity (Wildman–Crippen MR) is 83.4 cm³/mol. The molecule has 1 amide bonds. The van der Waals surface area contributed by atoms with E-state index in [1.165, 1.54) is 6.20 Å². The number of nitrogens with zero attached hydrogens (tertiary/aromatic N) is 1. The number of aliphatic hydroxyl groups is 1. The molecule has 0 aromatic carbocycles. The maximum atomic E-state index is 11.5. The van der Waals surface area contributed by atoms with Gasteiger partial charge in [-0.2, -0.15) is 0 Å². The smallest absolute Gasteiger partial charge is 0.252 e. The molecule has 1 aromatic rings. The Morgan fingerprint density at radius 1 is 1.48 bits per heavy atom. The van der Waals surface area contributed by atoms with Gasteiger partial charge in [0.1, 0.15) is 5.82 Å². The molecule has 1 aromatic heterocycles. The molecular formula is C15H24N4O2. The predicted octanol–water partition coefficient (Wildman–Crippen LogP) is 1.72. The van der Waals surface area contributed by atoms with Crippen molar-refractivity contribution in [3.8, 4) is 0 Å². The van der Waals surface area contributed by atoms with E-state index in [1.807, 2.05) is 13.8 Å². The van der Waals surface area contributed by atoms with Crippen molar-refractivity contribution in [2.45, 2.75) is 57.7 Å². The number of hydrogen-bond donors (Lipinski definition) is 4. The Kier molecular flexibility index (Phi) is 5.01. The maximum absolute atomic E-state index is 11.5. The third-order valence-corrected chi connectivity index (χ3v) is 3.61. The van der Waals surface area contributed by atoms with E-state index in [2.05, 4.69) is 15.6 Å². The highest BCUT2D eigenvalue weighted by molar-refractivity contribution is 5.98. The molecule has 0 bridgehead atoms. The molecule has 1 saturated carbocycles. The zero-order valence-corrected chi connectivity index (χ0v) is 12.6. The van der Waals surface area contributed by atoms with Gasteiger partial charge in [0.05, 0.1) is 17.4 Å². The molecule has 1 aliphatic carbocycles. The molecular weight excluding hydrogens is 268 g/mol. The minimum absolute atomic E-state index is 0.154. The second-order valence-electron chi connectivity index (χ2n) is 5.94. The van der Waals surface area contributed by atoms with E-state index in [0.29, 0.717) is 23.5 Å². The number of aliphatic hydroxyl groups excluding tert-OH is 1. The normalized spacial score (nSPS) is 22.1. The van der Waals surface area contributed by atoms with Crippen LogP contribution in [-0.2, 0) is 0 Å². The molecule has 1 aliphatic rings. The van der Waals surface area contributed by atoms with Crippen molar-refractivity contribution in [3.63, 3.8) is 0 Å². The Balaban J connectivity index is 2.19. The van der Waals surface area contributed by atoms with Crippen molar-refractivity contribution >= 4 is 17.4 Å². The van der Waals surface area contributed by atoms with Crippen molar-refractivity contribution in [2.75, 3.05) is 10.6 Å². The Morgan fingerprint density at radius 2 is 2.24 bits per heavy atom. The summed E-state index contributed by atoms with van der Waals surface area (Å²) < 4.78 is 0. The SMILES string of the molecule is CC(C)Nc1cc(NC2CCC[C@H](O)C2)c(C(N)=O)cn1. The van der Waals surface area contributed by atoms with Crippen molar-refractivity contribution in [1.29, 1.82) is 0 Å². The van der Waals surface area contributed by atoms with Gasteiger partial charge in [-0.05, 0) is 39.5 Å². The number of hydrogen-bond acceptors (Lipinski definition) is 5. The Labute approximate surface area is 125 Å². The van der Waals surface area contributed by atoms with Crippen LogP contribution in [-0.4, -0.2) is 34.2 Å². The number of primary amides is 1. The molecule has 116 valence electrons. The lowest BCUT2D eigenvalue weighted by Gasteiger charge is -2.28. The van der Waals surface area contributed by atoms with E-state index in [0.717, 1.165) is 19.3 Å². The molecule has 2 rings (SSSR count). The fraction of sp³-hybridized carbons (Fsp3) is 0.600. The molecule has 0 radical (unpaired) electrons. The van der Waals surface area contributed by atoms with Crippen LogP contribution in [0.25, 0.3) is 0 Å². The van der Waals surface area contributed by atoms with Crippen molar-refractivity contribution in [1.82, 2.24) is 4.98 Å². The van der Waals surface area contributed by atoms with Gasteiger partial charge in [-0.1, -0.05) is 0 Å². The first-order valence-electron chi connectivity index (χ1n) is 7.46. The molecule has 1 heterocycles. The molecule has 6 heteroatoms. The van der Waals surface area contributed by atoms with Gasteiger partial charge in [0.2, 0.25) is 0 Å². The Bertz CT molecular complexity index is 504. The second kappa shape index (κ2) is 6.76. The summed E-state index contributed by atoms with van der Waals surface area (Å²) in [6, 6.07) is 2.21. The zero-order chi connectivity index (χ0) is 15.4. The minimum atomic E-state index is -0.502. The van der Waals surface area contributed by atoms with Gasteiger partial charge in [-0.15, -0.1) is 0 Å². The third kappa shape index (κ3) is 4.32. The standard InChI is InChI=1S/C15H24N4O2/c1-9(2)18-14-7-13(12(8-17-14)15(16)21)19-10-4-3-5-11(20)6-10/h7-11,20H,3-6H2,1-2H3,(H2,16,21)(H2,17,18,19)/t10?,11-/m0/s1. The molecule has 21 heavy (non-hydrogen) atoms. The van der Waals surface area contributed by atoms with Gasteiger partial charge in [-0.3, -0.25) is 4.79 Å². The highest BCUT2D eigenvalue weighted by Crippen LogP contribution is 2.25. The molecule has 1 fully saturated rings. The van der Waals surface area contributed by atoms with Crippen LogP contribution in [0.3, 0.4) is 0 Å². The summed E-state index contributed by atoms with van der Waals surface area (Å²) >= 11 is 0. The second-order valence-corrected chi connectivity index (χ2v) is 5.94. The fourth-order valence-corrected chi connectivity index (χ4v) is 2.66. The molecule has 0 aliphatic heterocycles. The minimum Gasteiger partial charge on any atom is -0.393 e. The number of nitrogens with one attached hydrogen (secondary N) is 2. The number of anilines is 2. The van der Waals surface area contributed by atoms with E-state index in [9.17, 15) is 9.90 Å². The van der Waals surface area contributed by atoms with Gasteiger partial charge >= 0.3 is 0 Å². The maximum Gasteiger partial charge on any atom is 0.252 e. The van der Waals surface area contributed by atoms with E-state index in [4.69, 9.17) is 5.73 Å². The lowest BCUT2D eigenvalue weighted by molar-refractivity contribution is 0.100.